The van der Waals surface area contributed by atoms with Crippen molar-refractivity contribution in [1.82, 2.24) is 0 Å². The fraction of sp³-hybridized carbons (Fsp3) is 0.375. The molecule has 0 aliphatic carbocycles. The number of hydrogen-bond donors (Lipinski definition) is 0. The van der Waals surface area contributed by atoms with E-state index in [0.717, 1.165) is 10.6 Å². The van der Waals surface area contributed by atoms with Crippen molar-refractivity contribution in [3.05, 3.63) is 28.8 Å². The van der Waals surface area contributed by atoms with E-state index in [-0.39, 0.29) is 31.1 Å². The van der Waals surface area contributed by atoms with Gasteiger partial charge in [-0.3, -0.25) is 4.79 Å². The molecular formula is C16H15ClN2O5. The van der Waals surface area contributed by atoms with Crippen molar-refractivity contribution < 1.29 is 23.9 Å². The molecule has 0 aromatic heterocycles. The second-order valence-electron chi connectivity index (χ2n) is 5.54. The van der Waals surface area contributed by atoms with Crippen LogP contribution in [0.15, 0.2) is 23.3 Å². The third-order valence-corrected chi connectivity index (χ3v) is 4.21. The third kappa shape index (κ3) is 3.26. The fourth-order valence-electron chi connectivity index (χ4n) is 2.40. The number of amides is 1. The maximum absolute atomic E-state index is 12.2. The molecule has 2 aliphatic rings. The molecule has 0 bridgehead atoms. The first kappa shape index (κ1) is 16.4. The van der Waals surface area contributed by atoms with Crippen LogP contribution in [0.1, 0.15) is 24.8 Å². The zero-order valence-electron chi connectivity index (χ0n) is 13.0. The largest absolute Gasteiger partial charge is 0.463 e. The maximum Gasteiger partial charge on any atom is 0.355 e. The van der Waals surface area contributed by atoms with Gasteiger partial charge in [-0.25, -0.2) is 14.6 Å². The predicted molar refractivity (Wildman–Crippen MR) is 85.8 cm³/mol. The van der Waals surface area contributed by atoms with E-state index < -0.39 is 18.0 Å². The van der Waals surface area contributed by atoms with Crippen LogP contribution in [-0.2, 0) is 23.9 Å². The number of hydrazone groups is 1. The lowest BCUT2D eigenvalue weighted by Crippen LogP contribution is -2.36. The summed E-state index contributed by atoms with van der Waals surface area (Å²) in [6, 6.07) is 5.08. The number of aryl methyl sites for hydroxylation is 1. The highest BCUT2D eigenvalue weighted by atomic mass is 35.5. The number of ether oxygens (including phenoxy) is 2. The predicted octanol–water partition coefficient (Wildman–Crippen LogP) is 1.99. The highest BCUT2D eigenvalue weighted by Crippen LogP contribution is 2.26. The molecule has 2 aliphatic heterocycles. The van der Waals surface area contributed by atoms with Gasteiger partial charge in [0, 0.05) is 24.3 Å². The van der Waals surface area contributed by atoms with Crippen LogP contribution in [0.5, 0.6) is 0 Å². The summed E-state index contributed by atoms with van der Waals surface area (Å²) in [5.74, 6) is -1.51. The molecule has 0 radical (unpaired) electrons. The lowest BCUT2D eigenvalue weighted by molar-refractivity contribution is -0.155. The quantitative estimate of drug-likeness (QED) is 0.778. The highest BCUT2D eigenvalue weighted by Gasteiger charge is 2.33. The average Bonchev–Trinajstić information content (AvgIpc) is 2.95. The molecule has 2 heterocycles. The number of benzene rings is 1. The standard InChI is InChI=1S/C16H15ClN2O5/c1-9-2-3-10(8-11(9)17)19-14(20)5-4-12(18-19)15(21)24-13-6-7-23-16(13)22/h2-3,8,13H,4-7H2,1H3/t13-/m1/s1. The van der Waals surface area contributed by atoms with Crippen molar-refractivity contribution >= 4 is 40.8 Å². The summed E-state index contributed by atoms with van der Waals surface area (Å²) in [5, 5.41) is 5.72. The van der Waals surface area contributed by atoms with Crippen molar-refractivity contribution in [2.45, 2.75) is 32.3 Å². The minimum atomic E-state index is -0.903. The van der Waals surface area contributed by atoms with E-state index in [1.165, 1.54) is 0 Å². The van der Waals surface area contributed by atoms with Crippen LogP contribution in [0, 0.1) is 6.92 Å². The smallest absolute Gasteiger partial charge is 0.355 e. The van der Waals surface area contributed by atoms with Gasteiger partial charge in [0.15, 0.2) is 0 Å². The molecular weight excluding hydrogens is 336 g/mol. The second-order valence-corrected chi connectivity index (χ2v) is 5.94. The van der Waals surface area contributed by atoms with Gasteiger partial charge in [0.2, 0.25) is 12.0 Å². The van der Waals surface area contributed by atoms with Crippen molar-refractivity contribution in [3.8, 4) is 0 Å². The first-order valence-corrected chi connectivity index (χ1v) is 7.87. The Morgan fingerprint density at radius 2 is 2.17 bits per heavy atom. The maximum atomic E-state index is 12.2. The molecule has 126 valence electrons. The average molecular weight is 351 g/mol. The summed E-state index contributed by atoms with van der Waals surface area (Å²) >= 11 is 6.08. The van der Waals surface area contributed by atoms with Crippen molar-refractivity contribution in [2.75, 3.05) is 11.6 Å². The molecule has 24 heavy (non-hydrogen) atoms. The number of esters is 2. The number of nitrogens with zero attached hydrogens (tertiary/aromatic N) is 2. The van der Waals surface area contributed by atoms with Gasteiger partial charge < -0.3 is 9.47 Å². The minimum Gasteiger partial charge on any atom is -0.463 e. The molecule has 8 heteroatoms. The van der Waals surface area contributed by atoms with Gasteiger partial charge in [-0.2, -0.15) is 5.10 Å². The zero-order valence-corrected chi connectivity index (χ0v) is 13.7. The van der Waals surface area contributed by atoms with Crippen LogP contribution < -0.4 is 5.01 Å². The Kier molecular flexibility index (Phi) is 4.53. The number of hydrogen-bond acceptors (Lipinski definition) is 6. The first-order valence-electron chi connectivity index (χ1n) is 7.50. The van der Waals surface area contributed by atoms with Gasteiger partial charge in [0.25, 0.3) is 0 Å². The number of carbonyl (C=O) groups is 3. The molecule has 1 saturated heterocycles. The zero-order chi connectivity index (χ0) is 17.3. The molecule has 0 N–H and O–H groups in total. The van der Waals surface area contributed by atoms with Gasteiger partial charge in [-0.1, -0.05) is 17.7 Å². The molecule has 0 spiro atoms. The number of halogens is 1. The van der Waals surface area contributed by atoms with E-state index >= 15 is 0 Å². The Labute approximate surface area is 143 Å². The number of rotatable bonds is 3. The number of cyclic esters (lactones) is 1. The van der Waals surface area contributed by atoms with E-state index in [4.69, 9.17) is 21.1 Å². The minimum absolute atomic E-state index is 0.0889. The first-order chi connectivity index (χ1) is 11.5. The summed E-state index contributed by atoms with van der Waals surface area (Å²) in [6.07, 6.45) is -0.293. The second kappa shape index (κ2) is 6.60. The van der Waals surface area contributed by atoms with E-state index in [0.29, 0.717) is 17.1 Å². The van der Waals surface area contributed by atoms with Crippen molar-refractivity contribution in [2.24, 2.45) is 5.10 Å². The lowest BCUT2D eigenvalue weighted by atomic mass is 10.1. The summed E-state index contributed by atoms with van der Waals surface area (Å²) in [4.78, 5) is 35.7. The molecule has 1 atom stereocenters. The Bertz CT molecular complexity index is 746. The van der Waals surface area contributed by atoms with Crippen molar-refractivity contribution in [1.29, 1.82) is 0 Å². The molecule has 1 aromatic carbocycles. The van der Waals surface area contributed by atoms with Crippen LogP contribution in [0.25, 0.3) is 0 Å². The fourth-order valence-corrected chi connectivity index (χ4v) is 2.57. The van der Waals surface area contributed by atoms with Gasteiger partial charge in [0.05, 0.1) is 12.3 Å². The van der Waals surface area contributed by atoms with Crippen LogP contribution in [0.4, 0.5) is 5.69 Å². The molecule has 1 aromatic rings. The summed E-state index contributed by atoms with van der Waals surface area (Å²) in [5.41, 5.74) is 1.43. The molecule has 0 unspecified atom stereocenters. The van der Waals surface area contributed by atoms with Crippen LogP contribution >= 0.6 is 11.6 Å². The molecule has 1 fully saturated rings. The Morgan fingerprint density at radius 1 is 1.38 bits per heavy atom. The van der Waals surface area contributed by atoms with Gasteiger partial charge in [0.1, 0.15) is 5.71 Å². The van der Waals surface area contributed by atoms with Gasteiger partial charge in [-0.05, 0) is 24.6 Å². The molecule has 7 nitrogen and oxygen atoms in total. The topological polar surface area (TPSA) is 85.3 Å². The van der Waals surface area contributed by atoms with E-state index in [1.54, 1.807) is 18.2 Å². The normalized spacial score (nSPS) is 20.7. The molecule has 3 rings (SSSR count). The van der Waals surface area contributed by atoms with E-state index in [9.17, 15) is 14.4 Å². The highest BCUT2D eigenvalue weighted by molar-refractivity contribution is 6.38. The molecule has 0 saturated carbocycles. The monoisotopic (exact) mass is 350 g/mol. The lowest BCUT2D eigenvalue weighted by Gasteiger charge is -2.23. The third-order valence-electron chi connectivity index (χ3n) is 3.80. The van der Waals surface area contributed by atoms with E-state index in [2.05, 4.69) is 5.10 Å². The Morgan fingerprint density at radius 3 is 2.83 bits per heavy atom. The van der Waals surface area contributed by atoms with Gasteiger partial charge >= 0.3 is 11.9 Å². The van der Waals surface area contributed by atoms with Gasteiger partial charge in [-0.15, -0.1) is 0 Å². The van der Waals surface area contributed by atoms with Crippen LogP contribution in [0.3, 0.4) is 0 Å². The number of carbonyl (C=O) groups excluding carboxylic acids is 3. The number of anilines is 1. The summed E-state index contributed by atoms with van der Waals surface area (Å²) in [6.45, 7) is 2.08. The Hall–Kier alpha value is -2.41. The van der Waals surface area contributed by atoms with Crippen LogP contribution in [0.2, 0.25) is 5.02 Å². The molecule has 1 amide bonds. The van der Waals surface area contributed by atoms with Crippen molar-refractivity contribution in [3.63, 3.8) is 0 Å². The summed E-state index contributed by atoms with van der Waals surface area (Å²) in [7, 11) is 0. The SMILES string of the molecule is Cc1ccc(N2N=C(C(=O)O[C@@H]3CCOC3=O)CCC2=O)cc1Cl. The van der Waals surface area contributed by atoms with Crippen LogP contribution in [-0.4, -0.2) is 36.3 Å². The Balaban J connectivity index is 1.80. The summed E-state index contributed by atoms with van der Waals surface area (Å²) < 4.78 is 9.87. The van der Waals surface area contributed by atoms with E-state index in [1.807, 2.05) is 6.92 Å².